The highest BCUT2D eigenvalue weighted by atomic mass is 16.3. The van der Waals surface area contributed by atoms with E-state index in [1.54, 1.807) is 0 Å². The molecular weight excluding hydrogens is 679 g/mol. The molecule has 0 saturated heterocycles. The van der Waals surface area contributed by atoms with Crippen molar-refractivity contribution in [1.82, 2.24) is 0 Å². The van der Waals surface area contributed by atoms with E-state index in [0.29, 0.717) is 0 Å². The number of anilines is 3. The van der Waals surface area contributed by atoms with Crippen molar-refractivity contribution in [3.8, 4) is 33.4 Å². The molecule has 10 aromatic carbocycles. The first-order chi connectivity index (χ1) is 27.8. The number of para-hydroxylation sites is 1. The van der Waals surface area contributed by atoms with E-state index in [1.165, 1.54) is 65.7 Å². The highest BCUT2D eigenvalue weighted by molar-refractivity contribution is 6.23. The molecule has 1 heterocycles. The minimum absolute atomic E-state index is 0.876. The van der Waals surface area contributed by atoms with Gasteiger partial charge in [0, 0.05) is 33.1 Å². The first kappa shape index (κ1) is 32.0. The molecule has 11 aromatic rings. The van der Waals surface area contributed by atoms with Crippen LogP contribution < -0.4 is 4.90 Å². The SMILES string of the molecule is c1ccc(-c2ccccc2-c2ccc(N(c3ccc4oc5ccccc5c4c3)c3c(-c4ccc5ccccc5c4)c4ccccc4c4ccccc34)cc2)cc1. The van der Waals surface area contributed by atoms with Gasteiger partial charge < -0.3 is 9.32 Å². The second-order valence-corrected chi connectivity index (χ2v) is 14.4. The van der Waals surface area contributed by atoms with E-state index < -0.39 is 0 Å². The second kappa shape index (κ2) is 13.2. The normalized spacial score (nSPS) is 11.6. The van der Waals surface area contributed by atoms with Crippen LogP contribution in [0.3, 0.4) is 0 Å². The summed E-state index contributed by atoms with van der Waals surface area (Å²) in [5.41, 5.74) is 12.2. The fourth-order valence-electron chi connectivity index (χ4n) is 8.65. The van der Waals surface area contributed by atoms with Crippen LogP contribution in [-0.4, -0.2) is 0 Å². The third kappa shape index (κ3) is 5.26. The number of rotatable bonds is 6. The number of hydrogen-bond acceptors (Lipinski definition) is 2. The Hall–Kier alpha value is -7.42. The van der Waals surface area contributed by atoms with Crippen LogP contribution in [0.5, 0.6) is 0 Å². The van der Waals surface area contributed by atoms with Crippen molar-refractivity contribution in [2.24, 2.45) is 0 Å². The molecule has 0 aliphatic carbocycles. The fraction of sp³-hybridized carbons (Fsp3) is 0. The summed E-state index contributed by atoms with van der Waals surface area (Å²) in [6, 6.07) is 76.7. The molecular formula is C54H35NO. The Morgan fingerprint density at radius 2 is 0.839 bits per heavy atom. The summed E-state index contributed by atoms with van der Waals surface area (Å²) >= 11 is 0. The molecule has 0 aliphatic heterocycles. The van der Waals surface area contributed by atoms with Crippen molar-refractivity contribution in [2.45, 2.75) is 0 Å². The summed E-state index contributed by atoms with van der Waals surface area (Å²) in [4.78, 5) is 2.47. The van der Waals surface area contributed by atoms with Crippen molar-refractivity contribution in [2.75, 3.05) is 4.90 Å². The van der Waals surface area contributed by atoms with Gasteiger partial charge in [0.05, 0.1) is 5.69 Å². The third-order valence-electron chi connectivity index (χ3n) is 11.2. The van der Waals surface area contributed by atoms with Gasteiger partial charge in [-0.3, -0.25) is 0 Å². The molecule has 0 saturated carbocycles. The number of fused-ring (bicyclic) bond motifs is 7. The van der Waals surface area contributed by atoms with Crippen LogP contribution in [0, 0.1) is 0 Å². The maximum Gasteiger partial charge on any atom is 0.135 e. The van der Waals surface area contributed by atoms with Crippen LogP contribution in [0.2, 0.25) is 0 Å². The monoisotopic (exact) mass is 713 g/mol. The van der Waals surface area contributed by atoms with Crippen LogP contribution >= 0.6 is 0 Å². The van der Waals surface area contributed by atoms with Crippen molar-refractivity contribution >= 4 is 71.3 Å². The topological polar surface area (TPSA) is 16.4 Å². The fourth-order valence-corrected chi connectivity index (χ4v) is 8.65. The predicted octanol–water partition coefficient (Wildman–Crippen LogP) is 15.5. The van der Waals surface area contributed by atoms with Crippen LogP contribution in [-0.2, 0) is 0 Å². The predicted molar refractivity (Wildman–Crippen MR) is 237 cm³/mol. The molecule has 0 spiro atoms. The zero-order chi connectivity index (χ0) is 37.0. The Kier molecular flexibility index (Phi) is 7.53. The van der Waals surface area contributed by atoms with E-state index in [9.17, 15) is 0 Å². The summed E-state index contributed by atoms with van der Waals surface area (Å²) in [6.07, 6.45) is 0. The summed E-state index contributed by atoms with van der Waals surface area (Å²) in [5, 5.41) is 9.49. The highest BCUT2D eigenvalue weighted by Crippen LogP contribution is 2.50. The van der Waals surface area contributed by atoms with Crippen molar-refractivity contribution < 1.29 is 4.42 Å². The van der Waals surface area contributed by atoms with Gasteiger partial charge in [-0.05, 0) is 97.2 Å². The standard InChI is InChI=1S/C54H35NO/c1-2-15-37(16-3-1)43-18-6-7-19-44(43)38-28-30-41(31-29-38)55(42-32-33-52-50(35-42)47-22-12-13-25-51(47)56-52)54-49-24-11-9-21-46(49)45-20-8-10-23-48(45)53(54)40-27-26-36-14-4-5-17-39(36)34-40/h1-35H. The number of benzene rings is 10. The minimum Gasteiger partial charge on any atom is -0.456 e. The molecule has 0 N–H and O–H groups in total. The molecule has 0 atom stereocenters. The lowest BCUT2D eigenvalue weighted by Gasteiger charge is -2.31. The lowest BCUT2D eigenvalue weighted by Crippen LogP contribution is -2.12. The molecule has 0 radical (unpaired) electrons. The van der Waals surface area contributed by atoms with Gasteiger partial charge in [0.15, 0.2) is 0 Å². The molecule has 0 fully saturated rings. The summed E-state index contributed by atoms with van der Waals surface area (Å²) in [6.45, 7) is 0. The Morgan fingerprint density at radius 3 is 1.61 bits per heavy atom. The van der Waals surface area contributed by atoms with E-state index in [-0.39, 0.29) is 0 Å². The van der Waals surface area contributed by atoms with Crippen molar-refractivity contribution in [1.29, 1.82) is 0 Å². The molecule has 11 rings (SSSR count). The van der Waals surface area contributed by atoms with Crippen molar-refractivity contribution in [3.63, 3.8) is 0 Å². The largest absolute Gasteiger partial charge is 0.456 e. The molecule has 0 bridgehead atoms. The van der Waals surface area contributed by atoms with E-state index in [2.05, 4.69) is 205 Å². The van der Waals surface area contributed by atoms with Gasteiger partial charge in [0.1, 0.15) is 11.2 Å². The first-order valence-electron chi connectivity index (χ1n) is 19.2. The van der Waals surface area contributed by atoms with Gasteiger partial charge in [0.25, 0.3) is 0 Å². The average Bonchev–Trinajstić information content (AvgIpc) is 3.65. The number of furan rings is 1. The Balaban J connectivity index is 1.21. The maximum atomic E-state index is 6.35. The molecule has 56 heavy (non-hydrogen) atoms. The second-order valence-electron chi connectivity index (χ2n) is 14.4. The van der Waals surface area contributed by atoms with E-state index in [1.807, 2.05) is 12.1 Å². The van der Waals surface area contributed by atoms with Crippen molar-refractivity contribution in [3.05, 3.63) is 212 Å². The van der Waals surface area contributed by atoms with Gasteiger partial charge in [-0.1, -0.05) is 170 Å². The van der Waals surface area contributed by atoms with Gasteiger partial charge in [-0.2, -0.15) is 0 Å². The van der Waals surface area contributed by atoms with Crippen LogP contribution in [0.4, 0.5) is 17.1 Å². The molecule has 0 unspecified atom stereocenters. The summed E-state index contributed by atoms with van der Waals surface area (Å²) in [5.74, 6) is 0. The smallest absolute Gasteiger partial charge is 0.135 e. The van der Waals surface area contributed by atoms with Gasteiger partial charge in [0.2, 0.25) is 0 Å². The zero-order valence-electron chi connectivity index (χ0n) is 30.6. The van der Waals surface area contributed by atoms with Crippen LogP contribution in [0.1, 0.15) is 0 Å². The summed E-state index contributed by atoms with van der Waals surface area (Å²) < 4.78 is 6.35. The third-order valence-corrected chi connectivity index (χ3v) is 11.2. The number of nitrogens with zero attached hydrogens (tertiary/aromatic N) is 1. The average molecular weight is 714 g/mol. The Labute approximate surface area is 325 Å². The molecule has 0 aliphatic rings. The minimum atomic E-state index is 0.876. The highest BCUT2D eigenvalue weighted by Gasteiger charge is 2.25. The Morgan fingerprint density at radius 1 is 0.304 bits per heavy atom. The molecule has 0 amide bonds. The molecule has 2 nitrogen and oxygen atoms in total. The lowest BCUT2D eigenvalue weighted by atomic mass is 9.89. The van der Waals surface area contributed by atoms with E-state index in [4.69, 9.17) is 4.42 Å². The quantitative estimate of drug-likeness (QED) is 0.160. The van der Waals surface area contributed by atoms with E-state index >= 15 is 0 Å². The van der Waals surface area contributed by atoms with E-state index in [0.717, 1.165) is 39.0 Å². The van der Waals surface area contributed by atoms with Gasteiger partial charge >= 0.3 is 0 Å². The molecule has 1 aromatic heterocycles. The van der Waals surface area contributed by atoms with Crippen LogP contribution in [0.15, 0.2) is 217 Å². The molecule has 262 valence electrons. The number of hydrogen-bond donors (Lipinski definition) is 0. The molecule has 2 heteroatoms. The lowest BCUT2D eigenvalue weighted by molar-refractivity contribution is 0.669. The Bertz CT molecular complexity index is 3250. The first-order valence-corrected chi connectivity index (χ1v) is 19.2. The summed E-state index contributed by atoms with van der Waals surface area (Å²) in [7, 11) is 0. The van der Waals surface area contributed by atoms with Crippen LogP contribution in [0.25, 0.3) is 87.6 Å². The zero-order valence-corrected chi connectivity index (χ0v) is 30.6. The van der Waals surface area contributed by atoms with Gasteiger partial charge in [-0.25, -0.2) is 0 Å². The van der Waals surface area contributed by atoms with Gasteiger partial charge in [-0.15, -0.1) is 0 Å². The maximum absolute atomic E-state index is 6.35.